The Hall–Kier alpha value is -2.97. The molecule has 0 saturated heterocycles. The number of para-hydroxylation sites is 1. The minimum atomic E-state index is 0.272. The van der Waals surface area contributed by atoms with Gasteiger partial charge in [-0.05, 0) is 74.0 Å². The molecule has 1 aromatic heterocycles. The van der Waals surface area contributed by atoms with Gasteiger partial charge in [0.05, 0.1) is 18.4 Å². The van der Waals surface area contributed by atoms with Crippen LogP contribution in [0.2, 0.25) is 0 Å². The van der Waals surface area contributed by atoms with Crippen LogP contribution < -0.4 is 14.8 Å². The van der Waals surface area contributed by atoms with Crippen LogP contribution >= 0.6 is 0 Å². The van der Waals surface area contributed by atoms with E-state index < -0.39 is 0 Å². The summed E-state index contributed by atoms with van der Waals surface area (Å²) in [5, 5.41) is 15.2. The monoisotopic (exact) mass is 411 g/mol. The average Bonchev–Trinajstić information content (AvgIpc) is 3.21. The van der Waals surface area contributed by atoms with Crippen molar-refractivity contribution in [1.29, 1.82) is 0 Å². The second-order valence-electron chi connectivity index (χ2n) is 6.97. The lowest BCUT2D eigenvalue weighted by molar-refractivity contribution is 0.0770. The predicted octanol–water partition coefficient (Wildman–Crippen LogP) is 3.76. The van der Waals surface area contributed by atoms with E-state index in [1.165, 1.54) is 0 Å². The average molecular weight is 412 g/mol. The summed E-state index contributed by atoms with van der Waals surface area (Å²) >= 11 is 0. The first kappa shape index (κ1) is 21.7. The van der Waals surface area contributed by atoms with Crippen molar-refractivity contribution >= 4 is 0 Å². The smallest absolute Gasteiger partial charge is 0.346 e. The number of benzene rings is 2. The van der Waals surface area contributed by atoms with Crippen LogP contribution in [0.5, 0.6) is 17.5 Å². The van der Waals surface area contributed by atoms with Gasteiger partial charge in [-0.15, -0.1) is 0 Å². The number of hydrogen-bond acceptors (Lipinski definition) is 7. The van der Waals surface area contributed by atoms with Crippen molar-refractivity contribution in [1.82, 2.24) is 25.5 Å². The summed E-state index contributed by atoms with van der Waals surface area (Å²) in [6.07, 6.45) is 1.24. The van der Waals surface area contributed by atoms with E-state index in [-0.39, 0.29) is 12.1 Å². The molecule has 1 N–H and O–H groups in total. The van der Waals surface area contributed by atoms with Gasteiger partial charge in [-0.2, -0.15) is 4.68 Å². The molecule has 3 aromatic rings. The zero-order valence-corrected chi connectivity index (χ0v) is 17.7. The van der Waals surface area contributed by atoms with Gasteiger partial charge in [-0.1, -0.05) is 29.4 Å². The van der Waals surface area contributed by atoms with E-state index in [1.54, 1.807) is 4.68 Å². The maximum atomic E-state index is 5.99. The number of aromatic nitrogens is 4. The van der Waals surface area contributed by atoms with Crippen LogP contribution in [0.4, 0.5) is 0 Å². The number of nitrogens with zero attached hydrogens (tertiary/aromatic N) is 4. The van der Waals surface area contributed by atoms with Crippen LogP contribution in [0.3, 0.4) is 0 Å². The molecule has 0 fully saturated rings. The van der Waals surface area contributed by atoms with Crippen molar-refractivity contribution < 1.29 is 14.2 Å². The molecular weight excluding hydrogens is 382 g/mol. The molecule has 0 spiro atoms. The summed E-state index contributed by atoms with van der Waals surface area (Å²) in [6.45, 7) is 8.96. The highest BCUT2D eigenvalue weighted by Gasteiger charge is 2.14. The largest absolute Gasteiger partial charge is 0.490 e. The first-order valence-electron chi connectivity index (χ1n) is 10.3. The third-order valence-electron chi connectivity index (χ3n) is 4.23. The molecule has 0 unspecified atom stereocenters. The maximum Gasteiger partial charge on any atom is 0.346 e. The summed E-state index contributed by atoms with van der Waals surface area (Å²) in [6, 6.07) is 15.7. The molecule has 0 bridgehead atoms. The number of rotatable bonds is 12. The molecule has 0 saturated carbocycles. The van der Waals surface area contributed by atoms with Gasteiger partial charge >= 0.3 is 6.01 Å². The lowest BCUT2D eigenvalue weighted by Gasteiger charge is -2.13. The number of nitrogens with one attached hydrogen (secondary N) is 1. The SMILES string of the molecule is CCOc1cc(CNCCCOC(C)C)ccc1Oc1nnnn1-c1ccccc1. The first-order chi connectivity index (χ1) is 14.7. The zero-order chi connectivity index (χ0) is 21.2. The van der Waals surface area contributed by atoms with Crippen LogP contribution in [0, 0.1) is 0 Å². The van der Waals surface area contributed by atoms with E-state index in [0.29, 0.717) is 18.1 Å². The molecule has 3 rings (SSSR count). The van der Waals surface area contributed by atoms with Crippen molar-refractivity contribution in [2.24, 2.45) is 0 Å². The summed E-state index contributed by atoms with van der Waals surface area (Å²) in [7, 11) is 0. The second kappa shape index (κ2) is 11.3. The Kier molecular flexibility index (Phi) is 8.17. The van der Waals surface area contributed by atoms with Crippen LogP contribution in [0.25, 0.3) is 5.69 Å². The Morgan fingerprint density at radius 2 is 1.90 bits per heavy atom. The van der Waals surface area contributed by atoms with E-state index in [9.17, 15) is 0 Å². The molecule has 2 aromatic carbocycles. The van der Waals surface area contributed by atoms with Gasteiger partial charge in [0.2, 0.25) is 0 Å². The molecule has 0 radical (unpaired) electrons. The summed E-state index contributed by atoms with van der Waals surface area (Å²) in [4.78, 5) is 0. The Balaban J connectivity index is 1.64. The van der Waals surface area contributed by atoms with Gasteiger partial charge < -0.3 is 19.5 Å². The highest BCUT2D eigenvalue weighted by Crippen LogP contribution is 2.32. The Morgan fingerprint density at radius 3 is 2.67 bits per heavy atom. The molecule has 0 aliphatic heterocycles. The molecule has 30 heavy (non-hydrogen) atoms. The highest BCUT2D eigenvalue weighted by atomic mass is 16.5. The van der Waals surface area contributed by atoms with Gasteiger partial charge in [0.25, 0.3) is 0 Å². The standard InChI is InChI=1S/C22H29N5O3/c1-4-28-21-15-18(16-23-13-8-14-29-17(2)3)11-12-20(21)30-22-24-25-26-27(22)19-9-6-5-7-10-19/h5-7,9-12,15,17,23H,4,8,13-14,16H2,1-3H3. The fraction of sp³-hybridized carbons (Fsp3) is 0.409. The van der Waals surface area contributed by atoms with E-state index in [4.69, 9.17) is 14.2 Å². The van der Waals surface area contributed by atoms with Crippen LogP contribution in [0.1, 0.15) is 32.8 Å². The lowest BCUT2D eigenvalue weighted by atomic mass is 10.2. The molecule has 8 nitrogen and oxygen atoms in total. The molecule has 160 valence electrons. The molecule has 0 aliphatic carbocycles. The molecule has 8 heteroatoms. The molecule has 0 amide bonds. The number of tetrazole rings is 1. The predicted molar refractivity (Wildman–Crippen MR) is 114 cm³/mol. The maximum absolute atomic E-state index is 5.99. The van der Waals surface area contributed by atoms with Crippen molar-refractivity contribution in [3.63, 3.8) is 0 Å². The molecule has 0 atom stereocenters. The zero-order valence-electron chi connectivity index (χ0n) is 17.7. The summed E-state index contributed by atoms with van der Waals surface area (Å²) in [5.41, 5.74) is 1.93. The van der Waals surface area contributed by atoms with Crippen molar-refractivity contribution in [3.05, 3.63) is 54.1 Å². The lowest BCUT2D eigenvalue weighted by Crippen LogP contribution is -2.17. The second-order valence-corrected chi connectivity index (χ2v) is 6.97. The third-order valence-corrected chi connectivity index (χ3v) is 4.23. The topological polar surface area (TPSA) is 83.3 Å². The van der Waals surface area contributed by atoms with Crippen LogP contribution in [-0.2, 0) is 11.3 Å². The van der Waals surface area contributed by atoms with E-state index in [0.717, 1.165) is 37.4 Å². The van der Waals surface area contributed by atoms with Crippen molar-refractivity contribution in [3.8, 4) is 23.2 Å². The fourth-order valence-corrected chi connectivity index (χ4v) is 2.84. The normalized spacial score (nSPS) is 11.1. The van der Waals surface area contributed by atoms with E-state index in [2.05, 4.69) is 20.8 Å². The highest BCUT2D eigenvalue weighted by molar-refractivity contribution is 5.44. The van der Waals surface area contributed by atoms with Gasteiger partial charge in [0.1, 0.15) is 0 Å². The number of ether oxygens (including phenoxy) is 3. The number of hydrogen-bond donors (Lipinski definition) is 1. The van der Waals surface area contributed by atoms with Gasteiger partial charge in [-0.3, -0.25) is 0 Å². The molecular formula is C22H29N5O3. The minimum absolute atomic E-state index is 0.272. The first-order valence-corrected chi connectivity index (χ1v) is 10.3. The van der Waals surface area contributed by atoms with Crippen LogP contribution in [-0.4, -0.2) is 46.1 Å². The fourth-order valence-electron chi connectivity index (χ4n) is 2.84. The molecule has 0 aliphatic rings. The summed E-state index contributed by atoms with van der Waals surface area (Å²) < 4.78 is 18.9. The van der Waals surface area contributed by atoms with E-state index in [1.807, 2.05) is 69.3 Å². The minimum Gasteiger partial charge on any atom is -0.490 e. The third kappa shape index (κ3) is 6.27. The van der Waals surface area contributed by atoms with Gasteiger partial charge in [0, 0.05) is 13.2 Å². The Labute approximate surface area is 177 Å². The summed E-state index contributed by atoms with van der Waals surface area (Å²) in [5.74, 6) is 1.22. The van der Waals surface area contributed by atoms with Gasteiger partial charge in [0.15, 0.2) is 11.5 Å². The van der Waals surface area contributed by atoms with Crippen LogP contribution in [0.15, 0.2) is 48.5 Å². The quantitative estimate of drug-likeness (QED) is 0.454. The Bertz CT molecular complexity index is 899. The Morgan fingerprint density at radius 1 is 1.07 bits per heavy atom. The van der Waals surface area contributed by atoms with Crippen molar-refractivity contribution in [2.75, 3.05) is 19.8 Å². The van der Waals surface area contributed by atoms with Crippen molar-refractivity contribution in [2.45, 2.75) is 39.8 Å². The molecule has 1 heterocycles. The van der Waals surface area contributed by atoms with E-state index >= 15 is 0 Å². The van der Waals surface area contributed by atoms with Gasteiger partial charge in [-0.25, -0.2) is 0 Å².